The van der Waals surface area contributed by atoms with Gasteiger partial charge in [-0.15, -0.1) is 0 Å². The van der Waals surface area contributed by atoms with Crippen molar-refractivity contribution in [2.75, 3.05) is 5.32 Å². The normalized spacial score (nSPS) is 9.94. The predicted octanol–water partition coefficient (Wildman–Crippen LogP) is 2.28. The van der Waals surface area contributed by atoms with Gasteiger partial charge in [-0.25, -0.2) is 0 Å². The Hall–Kier alpha value is -2.07. The Balaban J connectivity index is 2.20. The number of halogens is 1. The highest BCUT2D eigenvalue weighted by atomic mass is 35.5. The van der Waals surface area contributed by atoms with Crippen molar-refractivity contribution in [1.29, 1.82) is 0 Å². The van der Waals surface area contributed by atoms with Crippen LogP contribution in [0.4, 0.5) is 5.82 Å². The molecule has 2 N–H and O–H groups in total. The summed E-state index contributed by atoms with van der Waals surface area (Å²) >= 11 is 5.78. The average molecular weight is 249 g/mol. The Labute approximate surface area is 102 Å². The molecule has 0 unspecified atom stereocenters. The summed E-state index contributed by atoms with van der Waals surface area (Å²) in [6, 6.07) is 11.1. The number of benzene rings is 1. The number of nitrogens with one attached hydrogen (secondary N) is 2. The summed E-state index contributed by atoms with van der Waals surface area (Å²) in [5.74, 6) is 0.0248. The number of aromatic amines is 1. The Morgan fingerprint density at radius 1 is 1.18 bits per heavy atom. The van der Waals surface area contributed by atoms with Crippen LogP contribution in [0.3, 0.4) is 0 Å². The molecule has 0 aliphatic carbocycles. The first-order chi connectivity index (χ1) is 8.15. The lowest BCUT2D eigenvalue weighted by Crippen LogP contribution is -2.15. The average Bonchev–Trinajstić information content (AvgIpc) is 2.29. The number of amides is 1. The number of rotatable bonds is 2. The summed E-state index contributed by atoms with van der Waals surface area (Å²) in [5.41, 5.74) is 0.163. The van der Waals surface area contributed by atoms with Crippen LogP contribution in [0.25, 0.3) is 0 Å². The topological polar surface area (TPSA) is 62.0 Å². The second-order valence-electron chi connectivity index (χ2n) is 3.39. The number of H-pyrrole nitrogens is 1. The molecule has 4 nitrogen and oxygen atoms in total. The van der Waals surface area contributed by atoms with Gasteiger partial charge in [-0.3, -0.25) is 9.59 Å². The maximum absolute atomic E-state index is 11.8. The summed E-state index contributed by atoms with van der Waals surface area (Å²) in [4.78, 5) is 25.3. The summed E-state index contributed by atoms with van der Waals surface area (Å²) in [6.45, 7) is 0. The summed E-state index contributed by atoms with van der Waals surface area (Å²) in [5, 5.41) is 3.06. The molecule has 2 rings (SSSR count). The molecule has 2 aromatic rings. The smallest absolute Gasteiger partial charge is 0.256 e. The molecule has 0 radical (unpaired) electrons. The largest absolute Gasteiger partial charge is 0.309 e. The molecule has 1 aromatic heterocycles. The van der Waals surface area contributed by atoms with Crippen LogP contribution in [0, 0.1) is 0 Å². The van der Waals surface area contributed by atoms with Crippen LogP contribution >= 0.6 is 11.6 Å². The molecule has 0 aliphatic rings. The van der Waals surface area contributed by atoms with Crippen molar-refractivity contribution >= 4 is 23.3 Å². The fourth-order valence-electron chi connectivity index (χ4n) is 1.34. The second kappa shape index (κ2) is 4.84. The lowest BCUT2D eigenvalue weighted by Gasteiger charge is -2.04. The van der Waals surface area contributed by atoms with E-state index in [-0.39, 0.29) is 11.5 Å². The zero-order valence-electron chi connectivity index (χ0n) is 8.74. The van der Waals surface area contributed by atoms with Crippen LogP contribution in [0.15, 0.2) is 47.3 Å². The van der Waals surface area contributed by atoms with Crippen LogP contribution in [0.5, 0.6) is 0 Å². The van der Waals surface area contributed by atoms with Crippen LogP contribution in [0.2, 0.25) is 5.02 Å². The van der Waals surface area contributed by atoms with Crippen molar-refractivity contribution in [3.63, 3.8) is 0 Å². The first kappa shape index (κ1) is 11.4. The first-order valence-corrected chi connectivity index (χ1v) is 5.29. The highest BCUT2D eigenvalue weighted by Gasteiger charge is 2.06. The van der Waals surface area contributed by atoms with Gasteiger partial charge >= 0.3 is 0 Å². The van der Waals surface area contributed by atoms with Gasteiger partial charge < -0.3 is 10.3 Å². The number of pyridine rings is 1. The third kappa shape index (κ3) is 2.95. The Morgan fingerprint density at radius 2 is 1.94 bits per heavy atom. The van der Waals surface area contributed by atoms with E-state index in [1.54, 1.807) is 36.4 Å². The van der Waals surface area contributed by atoms with E-state index >= 15 is 0 Å². The van der Waals surface area contributed by atoms with Gasteiger partial charge in [-0.05, 0) is 24.3 Å². The highest BCUT2D eigenvalue weighted by molar-refractivity contribution is 6.31. The van der Waals surface area contributed by atoms with Crippen LogP contribution in [-0.4, -0.2) is 10.9 Å². The molecule has 0 saturated heterocycles. The highest BCUT2D eigenvalue weighted by Crippen LogP contribution is 2.11. The zero-order valence-corrected chi connectivity index (χ0v) is 9.49. The summed E-state index contributed by atoms with van der Waals surface area (Å²) in [6.07, 6.45) is 0. The van der Waals surface area contributed by atoms with E-state index in [0.29, 0.717) is 16.4 Å². The fourth-order valence-corrected chi connectivity index (χ4v) is 1.54. The number of carbonyl (C=O) groups is 1. The molecule has 0 aliphatic heterocycles. The molecule has 86 valence electrons. The number of hydrogen-bond donors (Lipinski definition) is 2. The van der Waals surface area contributed by atoms with Crippen molar-refractivity contribution in [3.8, 4) is 0 Å². The van der Waals surface area contributed by atoms with Crippen molar-refractivity contribution in [2.24, 2.45) is 0 Å². The van der Waals surface area contributed by atoms with E-state index in [1.165, 1.54) is 6.07 Å². The maximum Gasteiger partial charge on any atom is 0.256 e. The van der Waals surface area contributed by atoms with E-state index in [4.69, 9.17) is 11.6 Å². The van der Waals surface area contributed by atoms with Gasteiger partial charge in [0.1, 0.15) is 5.82 Å². The SMILES string of the molecule is O=C(Nc1cccc(=O)[nH]1)c1cccc(Cl)c1. The quantitative estimate of drug-likeness (QED) is 0.857. The number of hydrogen-bond acceptors (Lipinski definition) is 2. The molecule has 5 heteroatoms. The van der Waals surface area contributed by atoms with Gasteiger partial charge in [0, 0.05) is 16.7 Å². The van der Waals surface area contributed by atoms with Crippen molar-refractivity contribution < 1.29 is 4.79 Å². The van der Waals surface area contributed by atoms with Gasteiger partial charge in [0.05, 0.1) is 0 Å². The minimum atomic E-state index is -0.325. The molecule has 0 bridgehead atoms. The van der Waals surface area contributed by atoms with E-state index in [1.807, 2.05) is 0 Å². The number of anilines is 1. The van der Waals surface area contributed by atoms with E-state index in [9.17, 15) is 9.59 Å². The third-order valence-electron chi connectivity index (χ3n) is 2.10. The second-order valence-corrected chi connectivity index (χ2v) is 3.83. The summed E-state index contributed by atoms with van der Waals surface area (Å²) in [7, 11) is 0. The van der Waals surface area contributed by atoms with Crippen molar-refractivity contribution in [2.45, 2.75) is 0 Å². The number of aromatic nitrogens is 1. The first-order valence-electron chi connectivity index (χ1n) is 4.91. The zero-order chi connectivity index (χ0) is 12.3. The van der Waals surface area contributed by atoms with Gasteiger partial charge in [0.2, 0.25) is 5.56 Å². The van der Waals surface area contributed by atoms with E-state index < -0.39 is 0 Å². The maximum atomic E-state index is 11.8. The molecule has 1 heterocycles. The minimum Gasteiger partial charge on any atom is -0.309 e. The molecule has 0 saturated carbocycles. The van der Waals surface area contributed by atoms with Gasteiger partial charge in [0.15, 0.2) is 0 Å². The summed E-state index contributed by atoms with van der Waals surface area (Å²) < 4.78 is 0. The fraction of sp³-hybridized carbons (Fsp3) is 0. The lowest BCUT2D eigenvalue weighted by molar-refractivity contribution is 0.102. The van der Waals surface area contributed by atoms with E-state index in [0.717, 1.165) is 0 Å². The molecular weight excluding hydrogens is 240 g/mol. The Morgan fingerprint density at radius 3 is 2.65 bits per heavy atom. The molecule has 1 amide bonds. The van der Waals surface area contributed by atoms with Crippen LogP contribution < -0.4 is 10.9 Å². The van der Waals surface area contributed by atoms with Crippen molar-refractivity contribution in [1.82, 2.24) is 4.98 Å². The van der Waals surface area contributed by atoms with Crippen LogP contribution in [-0.2, 0) is 0 Å². The van der Waals surface area contributed by atoms with Crippen molar-refractivity contribution in [3.05, 3.63) is 63.4 Å². The molecule has 1 aromatic carbocycles. The lowest BCUT2D eigenvalue weighted by atomic mass is 10.2. The standard InChI is InChI=1S/C12H9ClN2O2/c13-9-4-1-3-8(7-9)12(17)15-10-5-2-6-11(16)14-10/h1-7H,(H2,14,15,16,17). The van der Waals surface area contributed by atoms with Gasteiger partial charge in [-0.2, -0.15) is 0 Å². The molecular formula is C12H9ClN2O2. The Kier molecular flexibility index (Phi) is 3.25. The third-order valence-corrected chi connectivity index (χ3v) is 2.34. The van der Waals surface area contributed by atoms with E-state index in [2.05, 4.69) is 10.3 Å². The van der Waals surface area contributed by atoms with Gasteiger partial charge in [-0.1, -0.05) is 23.7 Å². The molecule has 0 atom stereocenters. The molecule has 0 fully saturated rings. The van der Waals surface area contributed by atoms with Crippen LogP contribution in [0.1, 0.15) is 10.4 Å². The van der Waals surface area contributed by atoms with Gasteiger partial charge in [0.25, 0.3) is 5.91 Å². The minimum absolute atomic E-state index is 0.270. The number of carbonyl (C=O) groups excluding carboxylic acids is 1. The molecule has 17 heavy (non-hydrogen) atoms. The monoisotopic (exact) mass is 248 g/mol. The Bertz CT molecular complexity index is 607. The molecule has 0 spiro atoms. The predicted molar refractivity (Wildman–Crippen MR) is 66.5 cm³/mol.